The maximum absolute atomic E-state index is 11.8. The molecule has 1 amide bonds. The second-order valence-corrected chi connectivity index (χ2v) is 5.50. The average Bonchev–Trinajstić information content (AvgIpc) is 2.55. The maximum atomic E-state index is 11.8. The Bertz CT molecular complexity index is 594. The number of rotatable bonds is 8. The molecule has 2 rings (SSSR count). The number of para-hydroxylation sites is 1. The van der Waals surface area contributed by atoms with Crippen molar-refractivity contribution < 1.29 is 14.3 Å². The molecule has 0 aliphatic rings. The molecular weight excluding hydrogens is 290 g/mol. The van der Waals surface area contributed by atoms with E-state index in [1.165, 1.54) is 0 Å². The highest BCUT2D eigenvalue weighted by molar-refractivity contribution is 5.76. The molecule has 0 fully saturated rings. The minimum Gasteiger partial charge on any atom is -0.493 e. The van der Waals surface area contributed by atoms with E-state index in [0.717, 1.165) is 17.1 Å². The Balaban J connectivity index is 1.67. The molecule has 0 spiro atoms. The van der Waals surface area contributed by atoms with Gasteiger partial charge in [-0.05, 0) is 43.7 Å². The fraction of sp³-hybridized carbons (Fsp3) is 0.316. The van der Waals surface area contributed by atoms with E-state index in [0.29, 0.717) is 19.6 Å². The van der Waals surface area contributed by atoms with Gasteiger partial charge in [0, 0.05) is 6.54 Å². The second-order valence-electron chi connectivity index (χ2n) is 5.50. The molecule has 2 aromatic carbocycles. The van der Waals surface area contributed by atoms with Crippen molar-refractivity contribution in [2.24, 2.45) is 0 Å². The van der Waals surface area contributed by atoms with Crippen LogP contribution in [0.2, 0.25) is 0 Å². The van der Waals surface area contributed by atoms with Crippen molar-refractivity contribution in [1.82, 2.24) is 5.32 Å². The van der Waals surface area contributed by atoms with Gasteiger partial charge in [-0.25, -0.2) is 0 Å². The van der Waals surface area contributed by atoms with Crippen molar-refractivity contribution in [3.05, 3.63) is 60.2 Å². The Morgan fingerprint density at radius 3 is 2.35 bits per heavy atom. The van der Waals surface area contributed by atoms with Crippen LogP contribution in [0.1, 0.15) is 25.8 Å². The van der Waals surface area contributed by atoms with Crippen LogP contribution in [0.25, 0.3) is 0 Å². The van der Waals surface area contributed by atoms with Crippen molar-refractivity contribution >= 4 is 5.91 Å². The quantitative estimate of drug-likeness (QED) is 0.810. The lowest BCUT2D eigenvalue weighted by Crippen LogP contribution is -2.24. The summed E-state index contributed by atoms with van der Waals surface area (Å²) in [6.45, 7) is 4.86. The Morgan fingerprint density at radius 2 is 1.70 bits per heavy atom. The highest BCUT2D eigenvalue weighted by Gasteiger charge is 2.03. The largest absolute Gasteiger partial charge is 0.493 e. The van der Waals surface area contributed by atoms with Crippen molar-refractivity contribution in [2.75, 3.05) is 6.61 Å². The van der Waals surface area contributed by atoms with Gasteiger partial charge in [-0.1, -0.05) is 30.3 Å². The van der Waals surface area contributed by atoms with Gasteiger partial charge in [0.25, 0.3) is 0 Å². The molecule has 4 nitrogen and oxygen atoms in total. The van der Waals surface area contributed by atoms with E-state index >= 15 is 0 Å². The molecule has 0 heterocycles. The van der Waals surface area contributed by atoms with Gasteiger partial charge in [0.05, 0.1) is 19.1 Å². The van der Waals surface area contributed by atoms with Gasteiger partial charge in [-0.3, -0.25) is 4.79 Å². The first-order valence-corrected chi connectivity index (χ1v) is 7.83. The minimum atomic E-state index is -0.0246. The number of benzene rings is 2. The molecule has 2 aromatic rings. The molecule has 1 N–H and O–H groups in total. The van der Waals surface area contributed by atoms with E-state index in [1.807, 2.05) is 68.4 Å². The molecule has 0 atom stereocenters. The van der Waals surface area contributed by atoms with Crippen molar-refractivity contribution in [1.29, 1.82) is 0 Å². The lowest BCUT2D eigenvalue weighted by molar-refractivity contribution is -0.121. The summed E-state index contributed by atoms with van der Waals surface area (Å²) in [5, 5.41) is 2.89. The van der Waals surface area contributed by atoms with E-state index < -0.39 is 0 Å². The zero-order chi connectivity index (χ0) is 16.5. The molecule has 122 valence electrons. The Kier molecular flexibility index (Phi) is 6.48. The van der Waals surface area contributed by atoms with Gasteiger partial charge in [0.2, 0.25) is 5.91 Å². The number of hydrogen-bond donors (Lipinski definition) is 1. The molecule has 0 unspecified atom stereocenters. The molecule has 23 heavy (non-hydrogen) atoms. The summed E-state index contributed by atoms with van der Waals surface area (Å²) in [4.78, 5) is 11.8. The summed E-state index contributed by atoms with van der Waals surface area (Å²) in [7, 11) is 0. The van der Waals surface area contributed by atoms with Crippen molar-refractivity contribution in [3.63, 3.8) is 0 Å². The van der Waals surface area contributed by atoms with E-state index in [-0.39, 0.29) is 12.0 Å². The maximum Gasteiger partial charge on any atom is 0.223 e. The highest BCUT2D eigenvalue weighted by Crippen LogP contribution is 2.13. The topological polar surface area (TPSA) is 47.6 Å². The summed E-state index contributed by atoms with van der Waals surface area (Å²) in [5.41, 5.74) is 1.04. The standard InChI is InChI=1S/C19H23NO3/c1-15(2)23-18-10-8-16(9-11-18)14-20-19(21)12-13-22-17-6-4-3-5-7-17/h3-11,15H,12-14H2,1-2H3,(H,20,21). The molecule has 0 aliphatic carbocycles. The summed E-state index contributed by atoms with van der Waals surface area (Å²) in [6, 6.07) is 17.2. The third kappa shape index (κ3) is 6.43. The fourth-order valence-electron chi connectivity index (χ4n) is 2.03. The Labute approximate surface area is 137 Å². The first-order valence-electron chi connectivity index (χ1n) is 7.83. The van der Waals surface area contributed by atoms with E-state index in [4.69, 9.17) is 9.47 Å². The fourth-order valence-corrected chi connectivity index (χ4v) is 2.03. The predicted octanol–water partition coefficient (Wildman–Crippen LogP) is 3.56. The number of carbonyl (C=O) groups excluding carboxylic acids is 1. The number of carbonyl (C=O) groups is 1. The molecule has 0 aliphatic heterocycles. The van der Waals surface area contributed by atoms with Crippen LogP contribution >= 0.6 is 0 Å². The molecular formula is C19H23NO3. The van der Waals surface area contributed by atoms with Crippen LogP contribution in [0.15, 0.2) is 54.6 Å². The normalized spacial score (nSPS) is 10.4. The van der Waals surface area contributed by atoms with Crippen molar-refractivity contribution in [2.45, 2.75) is 32.9 Å². The second kappa shape index (κ2) is 8.83. The first kappa shape index (κ1) is 16.9. The van der Waals surface area contributed by atoms with Crippen LogP contribution in [-0.2, 0) is 11.3 Å². The summed E-state index contributed by atoms with van der Waals surface area (Å²) < 4.78 is 11.1. The first-order chi connectivity index (χ1) is 11.1. The predicted molar refractivity (Wildman–Crippen MR) is 90.6 cm³/mol. The van der Waals surface area contributed by atoms with Gasteiger partial charge in [-0.2, -0.15) is 0 Å². The summed E-state index contributed by atoms with van der Waals surface area (Å²) >= 11 is 0. The summed E-state index contributed by atoms with van der Waals surface area (Å²) in [5.74, 6) is 1.59. The SMILES string of the molecule is CC(C)Oc1ccc(CNC(=O)CCOc2ccccc2)cc1. The lowest BCUT2D eigenvalue weighted by atomic mass is 10.2. The molecule has 4 heteroatoms. The third-order valence-electron chi connectivity index (χ3n) is 3.13. The van der Waals surface area contributed by atoms with E-state index in [9.17, 15) is 4.79 Å². The zero-order valence-corrected chi connectivity index (χ0v) is 13.6. The van der Waals surface area contributed by atoms with Crippen LogP contribution in [0.3, 0.4) is 0 Å². The van der Waals surface area contributed by atoms with Crippen LogP contribution < -0.4 is 14.8 Å². The van der Waals surface area contributed by atoms with Gasteiger partial charge in [0.15, 0.2) is 0 Å². The average molecular weight is 313 g/mol. The van der Waals surface area contributed by atoms with Gasteiger partial charge in [-0.15, -0.1) is 0 Å². The van der Waals surface area contributed by atoms with E-state index in [1.54, 1.807) is 0 Å². The smallest absolute Gasteiger partial charge is 0.223 e. The van der Waals surface area contributed by atoms with Crippen molar-refractivity contribution in [3.8, 4) is 11.5 Å². The van der Waals surface area contributed by atoms with Crippen LogP contribution in [0, 0.1) is 0 Å². The lowest BCUT2D eigenvalue weighted by Gasteiger charge is -2.10. The number of ether oxygens (including phenoxy) is 2. The van der Waals surface area contributed by atoms with E-state index in [2.05, 4.69) is 5.32 Å². The van der Waals surface area contributed by atoms with Gasteiger partial charge >= 0.3 is 0 Å². The van der Waals surface area contributed by atoms with Gasteiger partial charge in [0.1, 0.15) is 11.5 Å². The Hall–Kier alpha value is -2.49. The zero-order valence-electron chi connectivity index (χ0n) is 13.6. The number of amides is 1. The number of nitrogens with one attached hydrogen (secondary N) is 1. The molecule has 0 bridgehead atoms. The molecule has 0 saturated carbocycles. The van der Waals surface area contributed by atoms with Crippen LogP contribution in [-0.4, -0.2) is 18.6 Å². The van der Waals surface area contributed by atoms with Crippen LogP contribution in [0.5, 0.6) is 11.5 Å². The minimum absolute atomic E-state index is 0.0246. The Morgan fingerprint density at radius 1 is 1.00 bits per heavy atom. The summed E-state index contributed by atoms with van der Waals surface area (Å²) in [6.07, 6.45) is 0.494. The monoisotopic (exact) mass is 313 g/mol. The number of hydrogen-bond acceptors (Lipinski definition) is 3. The molecule has 0 radical (unpaired) electrons. The van der Waals surface area contributed by atoms with Gasteiger partial charge < -0.3 is 14.8 Å². The third-order valence-corrected chi connectivity index (χ3v) is 3.13. The highest BCUT2D eigenvalue weighted by atomic mass is 16.5. The van der Waals surface area contributed by atoms with Crippen LogP contribution in [0.4, 0.5) is 0 Å². The molecule has 0 aromatic heterocycles. The molecule has 0 saturated heterocycles.